The van der Waals surface area contributed by atoms with E-state index in [2.05, 4.69) is 18.7 Å². The van der Waals surface area contributed by atoms with Crippen LogP contribution in [0.15, 0.2) is 0 Å². The van der Waals surface area contributed by atoms with Crippen LogP contribution in [-0.2, 0) is 4.74 Å². The van der Waals surface area contributed by atoms with Crippen molar-refractivity contribution in [1.82, 2.24) is 5.32 Å². The third-order valence-corrected chi connectivity index (χ3v) is 1.67. The molecule has 0 saturated carbocycles. The zero-order valence-electron chi connectivity index (χ0n) is 6.60. The molecule has 1 saturated heterocycles. The zero-order valence-corrected chi connectivity index (χ0v) is 6.60. The first-order chi connectivity index (χ1) is 4.93. The molecule has 1 aliphatic rings. The Morgan fingerprint density at radius 2 is 2.60 bits per heavy atom. The minimum atomic E-state index is 0.369. The molecule has 0 aliphatic carbocycles. The van der Waals surface area contributed by atoms with Crippen LogP contribution in [0, 0.1) is 6.42 Å². The fraction of sp³-hybridized carbons (Fsp3) is 0.875. The Hall–Kier alpha value is -0.0800. The van der Waals surface area contributed by atoms with Gasteiger partial charge >= 0.3 is 0 Å². The predicted octanol–water partition coefficient (Wildman–Crippen LogP) is 0.979. The standard InChI is InChI=1S/C8H16NO/c1-2-3-4-8-7-9-5-6-10-8/h4,8-9H,2-3,5-7H2,1H3. The normalized spacial score (nSPS) is 26.7. The molecule has 2 nitrogen and oxygen atoms in total. The third-order valence-electron chi connectivity index (χ3n) is 1.67. The van der Waals surface area contributed by atoms with Gasteiger partial charge in [0.25, 0.3) is 0 Å². The molecule has 2 heteroatoms. The number of ether oxygens (including phenoxy) is 1. The van der Waals surface area contributed by atoms with Gasteiger partial charge in [0.05, 0.1) is 12.7 Å². The van der Waals surface area contributed by atoms with Gasteiger partial charge in [0, 0.05) is 13.1 Å². The lowest BCUT2D eigenvalue weighted by molar-refractivity contribution is 0.0472. The molecule has 0 spiro atoms. The van der Waals surface area contributed by atoms with Crippen molar-refractivity contribution >= 4 is 0 Å². The van der Waals surface area contributed by atoms with E-state index in [4.69, 9.17) is 4.74 Å². The second kappa shape index (κ2) is 4.69. The van der Waals surface area contributed by atoms with Crippen LogP contribution in [-0.4, -0.2) is 25.8 Å². The summed E-state index contributed by atoms with van der Waals surface area (Å²) in [6.45, 7) is 5.06. The second-order valence-electron chi connectivity index (χ2n) is 2.64. The van der Waals surface area contributed by atoms with Crippen molar-refractivity contribution in [2.45, 2.75) is 25.9 Å². The molecule has 0 aromatic carbocycles. The SMILES string of the molecule is CCC[CH]C1CNCCO1. The van der Waals surface area contributed by atoms with Crippen LogP contribution in [0.5, 0.6) is 0 Å². The first-order valence-corrected chi connectivity index (χ1v) is 4.09. The van der Waals surface area contributed by atoms with Crippen LogP contribution in [0.3, 0.4) is 0 Å². The van der Waals surface area contributed by atoms with Crippen LogP contribution in [0.1, 0.15) is 19.8 Å². The summed E-state index contributed by atoms with van der Waals surface area (Å²) < 4.78 is 5.46. The molecule has 1 radical (unpaired) electrons. The maximum absolute atomic E-state index is 5.46. The summed E-state index contributed by atoms with van der Waals surface area (Å²) in [5.74, 6) is 0. The van der Waals surface area contributed by atoms with Gasteiger partial charge in [-0.05, 0) is 12.8 Å². The molecule has 0 aromatic heterocycles. The van der Waals surface area contributed by atoms with E-state index in [9.17, 15) is 0 Å². The molecular weight excluding hydrogens is 126 g/mol. The van der Waals surface area contributed by atoms with Gasteiger partial charge in [-0.2, -0.15) is 0 Å². The average Bonchev–Trinajstić information content (AvgIpc) is 2.03. The van der Waals surface area contributed by atoms with Crippen molar-refractivity contribution in [3.63, 3.8) is 0 Å². The van der Waals surface area contributed by atoms with Crippen molar-refractivity contribution in [2.75, 3.05) is 19.7 Å². The van der Waals surface area contributed by atoms with Crippen molar-refractivity contribution in [3.8, 4) is 0 Å². The molecule has 0 amide bonds. The van der Waals surface area contributed by atoms with Crippen LogP contribution in [0.25, 0.3) is 0 Å². The van der Waals surface area contributed by atoms with Gasteiger partial charge in [-0.15, -0.1) is 0 Å². The molecule has 1 heterocycles. The molecule has 1 fully saturated rings. The summed E-state index contributed by atoms with van der Waals surface area (Å²) in [6.07, 6.45) is 5.02. The maximum atomic E-state index is 5.46. The summed E-state index contributed by atoms with van der Waals surface area (Å²) in [7, 11) is 0. The largest absolute Gasteiger partial charge is 0.375 e. The summed E-state index contributed by atoms with van der Waals surface area (Å²) in [6, 6.07) is 0. The molecule has 1 N–H and O–H groups in total. The average molecular weight is 142 g/mol. The van der Waals surface area contributed by atoms with E-state index in [-0.39, 0.29) is 0 Å². The van der Waals surface area contributed by atoms with Gasteiger partial charge in [-0.1, -0.05) is 13.3 Å². The Kier molecular flexibility index (Phi) is 3.76. The molecule has 1 rings (SSSR count). The number of unbranched alkanes of at least 4 members (excludes halogenated alkanes) is 1. The highest BCUT2D eigenvalue weighted by Gasteiger charge is 2.11. The fourth-order valence-corrected chi connectivity index (χ4v) is 1.09. The molecule has 1 atom stereocenters. The van der Waals surface area contributed by atoms with Crippen LogP contribution >= 0.6 is 0 Å². The Labute approximate surface area is 63.0 Å². The van der Waals surface area contributed by atoms with E-state index >= 15 is 0 Å². The molecule has 0 aromatic rings. The van der Waals surface area contributed by atoms with Gasteiger partial charge in [-0.3, -0.25) is 0 Å². The number of hydrogen-bond acceptors (Lipinski definition) is 2. The first-order valence-electron chi connectivity index (χ1n) is 4.09. The number of nitrogens with one attached hydrogen (secondary N) is 1. The molecule has 0 bridgehead atoms. The van der Waals surface area contributed by atoms with Crippen LogP contribution < -0.4 is 5.32 Å². The van der Waals surface area contributed by atoms with Crippen molar-refractivity contribution in [2.24, 2.45) is 0 Å². The van der Waals surface area contributed by atoms with E-state index in [1.807, 2.05) is 0 Å². The molecule has 1 unspecified atom stereocenters. The molecule has 10 heavy (non-hydrogen) atoms. The Morgan fingerprint density at radius 1 is 1.70 bits per heavy atom. The minimum Gasteiger partial charge on any atom is -0.375 e. The molecule has 1 aliphatic heterocycles. The van der Waals surface area contributed by atoms with E-state index in [0.29, 0.717) is 6.10 Å². The fourth-order valence-electron chi connectivity index (χ4n) is 1.09. The van der Waals surface area contributed by atoms with Crippen LogP contribution in [0.4, 0.5) is 0 Å². The number of morpholine rings is 1. The predicted molar refractivity (Wildman–Crippen MR) is 41.8 cm³/mol. The van der Waals surface area contributed by atoms with Crippen molar-refractivity contribution in [3.05, 3.63) is 6.42 Å². The van der Waals surface area contributed by atoms with Gasteiger partial charge in [0.1, 0.15) is 0 Å². The van der Waals surface area contributed by atoms with Gasteiger partial charge < -0.3 is 10.1 Å². The summed E-state index contributed by atoms with van der Waals surface area (Å²) in [5.41, 5.74) is 0. The first kappa shape index (κ1) is 8.02. The smallest absolute Gasteiger partial charge is 0.0731 e. The maximum Gasteiger partial charge on any atom is 0.0731 e. The lowest BCUT2D eigenvalue weighted by Crippen LogP contribution is -2.38. The minimum absolute atomic E-state index is 0.369. The van der Waals surface area contributed by atoms with Crippen molar-refractivity contribution in [1.29, 1.82) is 0 Å². The van der Waals surface area contributed by atoms with Gasteiger partial charge in [0.2, 0.25) is 0 Å². The topological polar surface area (TPSA) is 21.3 Å². The van der Waals surface area contributed by atoms with E-state index in [0.717, 1.165) is 19.7 Å². The summed E-state index contributed by atoms with van der Waals surface area (Å²) in [4.78, 5) is 0. The van der Waals surface area contributed by atoms with E-state index in [1.54, 1.807) is 0 Å². The molecule has 59 valence electrons. The van der Waals surface area contributed by atoms with Crippen molar-refractivity contribution < 1.29 is 4.74 Å². The number of hydrogen-bond donors (Lipinski definition) is 1. The third kappa shape index (κ3) is 2.67. The summed E-state index contributed by atoms with van der Waals surface area (Å²) >= 11 is 0. The quantitative estimate of drug-likeness (QED) is 0.634. The highest BCUT2D eigenvalue weighted by Crippen LogP contribution is 2.04. The highest BCUT2D eigenvalue weighted by molar-refractivity contribution is 4.80. The second-order valence-corrected chi connectivity index (χ2v) is 2.64. The van der Waals surface area contributed by atoms with E-state index < -0.39 is 0 Å². The highest BCUT2D eigenvalue weighted by atomic mass is 16.5. The Balaban J connectivity index is 2.02. The Bertz CT molecular complexity index is 79.3. The van der Waals surface area contributed by atoms with Gasteiger partial charge in [-0.25, -0.2) is 0 Å². The lowest BCUT2D eigenvalue weighted by Gasteiger charge is -2.22. The van der Waals surface area contributed by atoms with Gasteiger partial charge in [0.15, 0.2) is 0 Å². The van der Waals surface area contributed by atoms with Crippen LogP contribution in [0.2, 0.25) is 0 Å². The monoisotopic (exact) mass is 142 g/mol. The van der Waals surface area contributed by atoms with E-state index in [1.165, 1.54) is 12.8 Å². The Morgan fingerprint density at radius 3 is 3.20 bits per heavy atom. The lowest BCUT2D eigenvalue weighted by atomic mass is 10.1. The number of rotatable bonds is 3. The zero-order chi connectivity index (χ0) is 7.23. The summed E-state index contributed by atoms with van der Waals surface area (Å²) in [5, 5.41) is 3.29. The molecular formula is C8H16NO.